The minimum Gasteiger partial charge on any atom is -0.496 e. The zero-order valence-corrected chi connectivity index (χ0v) is 12.2. The van der Waals surface area contributed by atoms with E-state index in [9.17, 15) is 13.2 Å². The highest BCUT2D eigenvalue weighted by Crippen LogP contribution is 2.39. The number of fused-ring (bicyclic) bond motifs is 1. The Labute approximate surface area is 128 Å². The molecule has 6 nitrogen and oxygen atoms in total. The highest BCUT2D eigenvalue weighted by molar-refractivity contribution is 5.91. The Balaban J connectivity index is 2.24. The summed E-state index contributed by atoms with van der Waals surface area (Å²) in [5.41, 5.74) is 5.74. The molecule has 23 heavy (non-hydrogen) atoms. The number of aromatic nitrogens is 4. The molecule has 0 unspecified atom stereocenters. The minimum atomic E-state index is -4.53. The fourth-order valence-corrected chi connectivity index (χ4v) is 2.34. The van der Waals surface area contributed by atoms with E-state index in [1.54, 1.807) is 7.05 Å². The van der Waals surface area contributed by atoms with Crippen molar-refractivity contribution in [2.45, 2.75) is 6.18 Å². The van der Waals surface area contributed by atoms with E-state index in [0.29, 0.717) is 16.7 Å². The van der Waals surface area contributed by atoms with Crippen molar-refractivity contribution in [1.29, 1.82) is 0 Å². The molecule has 0 atom stereocenters. The second kappa shape index (κ2) is 5.11. The summed E-state index contributed by atoms with van der Waals surface area (Å²) in [5.74, 6) is -0.181. The minimum absolute atomic E-state index is 0.0674. The molecule has 3 aromatic rings. The third-order valence-electron chi connectivity index (χ3n) is 3.38. The number of hydrogen-bond acceptors (Lipinski definition) is 5. The Kier molecular flexibility index (Phi) is 3.35. The summed E-state index contributed by atoms with van der Waals surface area (Å²) in [6.07, 6.45) is -3.09. The number of nitrogen functional groups attached to an aromatic ring is 1. The van der Waals surface area contributed by atoms with Crippen molar-refractivity contribution in [3.8, 4) is 17.0 Å². The molecule has 9 heteroatoms. The summed E-state index contributed by atoms with van der Waals surface area (Å²) >= 11 is 0. The van der Waals surface area contributed by atoms with Crippen LogP contribution in [0.25, 0.3) is 22.3 Å². The fourth-order valence-electron chi connectivity index (χ4n) is 2.34. The van der Waals surface area contributed by atoms with Gasteiger partial charge in [0.25, 0.3) is 0 Å². The van der Waals surface area contributed by atoms with E-state index in [2.05, 4.69) is 15.1 Å². The standard InChI is InChI=1S/C14H12F3N5O/c1-22-12-8(6-19-13(18)20-12)11(21-22)7-3-4-10(23-2)9(5-7)14(15,16)17/h3-6H,1-2H3,(H2,18,19,20). The molecule has 0 aliphatic carbocycles. The molecular formula is C14H12F3N5O. The Morgan fingerprint density at radius 1 is 1.26 bits per heavy atom. The van der Waals surface area contributed by atoms with Gasteiger partial charge in [0.1, 0.15) is 11.4 Å². The SMILES string of the molecule is COc1ccc(-c2nn(C)c3nc(N)ncc23)cc1C(F)(F)F. The molecule has 0 radical (unpaired) electrons. The second-order valence-corrected chi connectivity index (χ2v) is 4.85. The largest absolute Gasteiger partial charge is 0.496 e. The van der Waals surface area contributed by atoms with Crippen molar-refractivity contribution >= 4 is 17.0 Å². The van der Waals surface area contributed by atoms with Gasteiger partial charge >= 0.3 is 6.18 Å². The maximum Gasteiger partial charge on any atom is 0.419 e. The number of rotatable bonds is 2. The van der Waals surface area contributed by atoms with Crippen molar-refractivity contribution in [3.05, 3.63) is 30.0 Å². The van der Waals surface area contributed by atoms with Crippen molar-refractivity contribution in [2.24, 2.45) is 7.05 Å². The molecule has 0 aliphatic rings. The molecule has 1 aromatic carbocycles. The topological polar surface area (TPSA) is 78.8 Å². The summed E-state index contributed by atoms with van der Waals surface area (Å²) in [7, 11) is 2.82. The predicted octanol–water partition coefficient (Wildman–Crippen LogP) is 2.64. The van der Waals surface area contributed by atoms with E-state index in [-0.39, 0.29) is 17.3 Å². The monoisotopic (exact) mass is 323 g/mol. The molecule has 3 rings (SSSR count). The molecule has 2 aromatic heterocycles. The van der Waals surface area contributed by atoms with E-state index in [0.717, 1.165) is 6.07 Å². The number of anilines is 1. The van der Waals surface area contributed by atoms with E-state index in [1.165, 1.54) is 30.1 Å². The van der Waals surface area contributed by atoms with Crippen LogP contribution in [0, 0.1) is 0 Å². The predicted molar refractivity (Wildman–Crippen MR) is 77.7 cm³/mol. The number of methoxy groups -OCH3 is 1. The number of nitrogens with zero attached hydrogens (tertiary/aromatic N) is 4. The molecule has 0 bridgehead atoms. The first-order valence-corrected chi connectivity index (χ1v) is 6.52. The van der Waals surface area contributed by atoms with Crippen LogP contribution in [0.3, 0.4) is 0 Å². The Morgan fingerprint density at radius 2 is 2.00 bits per heavy atom. The van der Waals surface area contributed by atoms with Crippen LogP contribution in [0.15, 0.2) is 24.4 Å². The van der Waals surface area contributed by atoms with Gasteiger partial charge in [-0.3, -0.25) is 0 Å². The summed E-state index contributed by atoms with van der Waals surface area (Å²) < 4.78 is 45.7. The van der Waals surface area contributed by atoms with Gasteiger partial charge in [-0.1, -0.05) is 0 Å². The van der Waals surface area contributed by atoms with Crippen LogP contribution in [-0.4, -0.2) is 26.9 Å². The number of benzene rings is 1. The molecular weight excluding hydrogens is 311 g/mol. The van der Waals surface area contributed by atoms with Crippen molar-refractivity contribution in [3.63, 3.8) is 0 Å². The highest BCUT2D eigenvalue weighted by atomic mass is 19.4. The summed E-state index contributed by atoms with van der Waals surface area (Å²) in [4.78, 5) is 7.92. The van der Waals surface area contributed by atoms with E-state index in [4.69, 9.17) is 10.5 Å². The van der Waals surface area contributed by atoms with Gasteiger partial charge in [-0.05, 0) is 18.2 Å². The first kappa shape index (κ1) is 15.1. The number of aryl methyl sites for hydroxylation is 1. The van der Waals surface area contributed by atoms with Crippen molar-refractivity contribution < 1.29 is 17.9 Å². The normalized spacial score (nSPS) is 11.9. The lowest BCUT2D eigenvalue weighted by Gasteiger charge is -2.12. The van der Waals surface area contributed by atoms with Crippen LogP contribution >= 0.6 is 0 Å². The maximum absolute atomic E-state index is 13.2. The lowest BCUT2D eigenvalue weighted by atomic mass is 10.1. The Hall–Kier alpha value is -2.84. The number of alkyl halides is 3. The molecule has 2 heterocycles. The van der Waals surface area contributed by atoms with Gasteiger partial charge in [0.05, 0.1) is 18.1 Å². The Bertz CT molecular complexity index is 888. The van der Waals surface area contributed by atoms with Crippen molar-refractivity contribution in [2.75, 3.05) is 12.8 Å². The van der Waals surface area contributed by atoms with Gasteiger partial charge in [0.15, 0.2) is 5.65 Å². The van der Waals surface area contributed by atoms with Crippen LogP contribution < -0.4 is 10.5 Å². The average molecular weight is 323 g/mol. The lowest BCUT2D eigenvalue weighted by molar-refractivity contribution is -0.138. The van der Waals surface area contributed by atoms with E-state index < -0.39 is 11.7 Å². The van der Waals surface area contributed by atoms with Gasteiger partial charge < -0.3 is 10.5 Å². The molecule has 120 valence electrons. The zero-order valence-electron chi connectivity index (χ0n) is 12.2. The quantitative estimate of drug-likeness (QED) is 0.784. The van der Waals surface area contributed by atoms with Crippen LogP contribution in [0.5, 0.6) is 5.75 Å². The molecule has 0 saturated carbocycles. The van der Waals surface area contributed by atoms with Crippen LogP contribution in [0.4, 0.5) is 19.1 Å². The molecule has 0 saturated heterocycles. The van der Waals surface area contributed by atoms with Gasteiger partial charge in [0.2, 0.25) is 5.95 Å². The smallest absolute Gasteiger partial charge is 0.419 e. The number of ether oxygens (including phenoxy) is 1. The van der Waals surface area contributed by atoms with Crippen molar-refractivity contribution in [1.82, 2.24) is 19.7 Å². The third-order valence-corrected chi connectivity index (χ3v) is 3.38. The van der Waals surface area contributed by atoms with Crippen LogP contribution in [-0.2, 0) is 13.2 Å². The highest BCUT2D eigenvalue weighted by Gasteiger charge is 2.35. The van der Waals surface area contributed by atoms with Crippen LogP contribution in [0.2, 0.25) is 0 Å². The molecule has 0 spiro atoms. The number of halogens is 3. The summed E-state index contributed by atoms with van der Waals surface area (Å²) in [6.45, 7) is 0. The van der Waals surface area contributed by atoms with Crippen LogP contribution in [0.1, 0.15) is 5.56 Å². The van der Waals surface area contributed by atoms with Gasteiger partial charge in [0, 0.05) is 18.8 Å². The fraction of sp³-hybridized carbons (Fsp3) is 0.214. The first-order valence-electron chi connectivity index (χ1n) is 6.52. The number of nitrogens with two attached hydrogens (primary N) is 1. The zero-order chi connectivity index (χ0) is 16.8. The molecule has 0 fully saturated rings. The van der Waals surface area contributed by atoms with E-state index in [1.807, 2.05) is 0 Å². The molecule has 0 aliphatic heterocycles. The molecule has 0 amide bonds. The maximum atomic E-state index is 13.2. The van der Waals surface area contributed by atoms with Gasteiger partial charge in [-0.15, -0.1) is 0 Å². The lowest BCUT2D eigenvalue weighted by Crippen LogP contribution is -2.07. The average Bonchev–Trinajstić information content (AvgIpc) is 2.82. The molecule has 2 N–H and O–H groups in total. The third kappa shape index (κ3) is 2.54. The second-order valence-electron chi connectivity index (χ2n) is 4.85. The van der Waals surface area contributed by atoms with Gasteiger partial charge in [-0.2, -0.15) is 23.3 Å². The van der Waals surface area contributed by atoms with Gasteiger partial charge in [-0.25, -0.2) is 9.67 Å². The number of hydrogen-bond donors (Lipinski definition) is 1. The van der Waals surface area contributed by atoms with E-state index >= 15 is 0 Å². The summed E-state index contributed by atoms with van der Waals surface area (Å²) in [6, 6.07) is 3.76. The first-order chi connectivity index (χ1) is 10.8. The summed E-state index contributed by atoms with van der Waals surface area (Å²) in [5, 5.41) is 4.74. The Morgan fingerprint density at radius 3 is 2.65 bits per heavy atom.